The molecule has 2 N–H and O–H groups in total. The second-order valence-corrected chi connectivity index (χ2v) is 5.57. The Morgan fingerprint density at radius 3 is 3.09 bits per heavy atom. The van der Waals surface area contributed by atoms with Gasteiger partial charge in [-0.05, 0) is 29.7 Å². The van der Waals surface area contributed by atoms with Gasteiger partial charge in [-0.15, -0.1) is 11.3 Å². The van der Waals surface area contributed by atoms with Gasteiger partial charge < -0.3 is 10.1 Å². The fourth-order valence-corrected chi connectivity index (χ4v) is 2.99. The smallest absolute Gasteiger partial charge is 0.137 e. The summed E-state index contributed by atoms with van der Waals surface area (Å²) in [6.45, 7) is 1.89. The molecule has 0 bridgehead atoms. The van der Waals surface area contributed by atoms with Crippen LogP contribution in [0.3, 0.4) is 0 Å². The lowest BCUT2D eigenvalue weighted by Gasteiger charge is -2.04. The quantitative estimate of drug-likeness (QED) is 0.708. The van der Waals surface area contributed by atoms with Gasteiger partial charge in [0.1, 0.15) is 17.4 Å². The number of hydrogen-bond donors (Lipinski definition) is 2. The summed E-state index contributed by atoms with van der Waals surface area (Å²) in [7, 11) is 0. The van der Waals surface area contributed by atoms with Gasteiger partial charge in [-0.3, -0.25) is 4.99 Å². The van der Waals surface area contributed by atoms with E-state index in [-0.39, 0.29) is 6.73 Å². The van der Waals surface area contributed by atoms with Crippen LogP contribution in [-0.2, 0) is 0 Å². The lowest BCUT2D eigenvalue weighted by molar-refractivity contribution is 0.310. The van der Waals surface area contributed by atoms with Crippen LogP contribution in [0.2, 0.25) is 0 Å². The van der Waals surface area contributed by atoms with Crippen molar-refractivity contribution in [1.29, 1.82) is 0 Å². The molecule has 3 rings (SSSR count). The van der Waals surface area contributed by atoms with E-state index in [1.807, 2.05) is 23.8 Å². The van der Waals surface area contributed by atoms with Gasteiger partial charge >= 0.3 is 0 Å². The van der Waals surface area contributed by atoms with Gasteiger partial charge in [-0.2, -0.15) is 0 Å². The molecule has 0 amide bonds. The van der Waals surface area contributed by atoms with Crippen molar-refractivity contribution in [2.75, 3.05) is 6.73 Å². The van der Waals surface area contributed by atoms with Gasteiger partial charge in [0, 0.05) is 41.1 Å². The monoisotopic (exact) mass is 312 g/mol. The molecule has 0 unspecified atom stereocenters. The van der Waals surface area contributed by atoms with E-state index >= 15 is 0 Å². The minimum absolute atomic E-state index is 0.198. The third-order valence-corrected chi connectivity index (χ3v) is 4.21. The lowest BCUT2D eigenvalue weighted by atomic mass is 10.0. The lowest BCUT2D eigenvalue weighted by Crippen LogP contribution is -1.88. The number of rotatable bonds is 5. The van der Waals surface area contributed by atoms with Crippen molar-refractivity contribution >= 4 is 34.2 Å². The summed E-state index contributed by atoms with van der Waals surface area (Å²) in [5, 5.41) is 12.7. The maximum Gasteiger partial charge on any atom is 0.137 e. The third kappa shape index (κ3) is 2.84. The maximum atomic E-state index is 8.73. The van der Waals surface area contributed by atoms with Crippen LogP contribution in [0, 0.1) is 0 Å². The zero-order chi connectivity index (χ0) is 15.4. The molecule has 0 aliphatic carbocycles. The average molecular weight is 312 g/mol. The Morgan fingerprint density at radius 2 is 2.36 bits per heavy atom. The molecule has 0 aliphatic rings. The largest absolute Gasteiger partial charge is 0.375 e. The molecule has 0 fully saturated rings. The van der Waals surface area contributed by atoms with Crippen LogP contribution in [0.25, 0.3) is 27.2 Å². The number of aromatic amines is 1. The van der Waals surface area contributed by atoms with Crippen LogP contribution in [0.15, 0.2) is 41.1 Å². The first-order valence-corrected chi connectivity index (χ1v) is 7.88. The summed E-state index contributed by atoms with van der Waals surface area (Å²) in [5.41, 5.74) is 4.10. The number of aliphatic hydroxyl groups is 1. The molecule has 0 aromatic carbocycles. The number of nitrogens with zero attached hydrogens (tertiary/aromatic N) is 3. The fraction of sp³-hybridized carbons (Fsp3) is 0.188. The van der Waals surface area contributed by atoms with Gasteiger partial charge in [0.15, 0.2) is 0 Å². The minimum atomic E-state index is -0.198. The first kappa shape index (κ1) is 14.6. The van der Waals surface area contributed by atoms with E-state index < -0.39 is 0 Å². The Kier molecular flexibility index (Phi) is 4.41. The number of aliphatic hydroxyl groups excluding tert-OH is 1. The number of H-pyrrole nitrogens is 1. The van der Waals surface area contributed by atoms with Crippen LogP contribution in [0.4, 0.5) is 0 Å². The van der Waals surface area contributed by atoms with E-state index in [1.54, 1.807) is 23.7 Å². The zero-order valence-corrected chi connectivity index (χ0v) is 13.0. The van der Waals surface area contributed by atoms with Gasteiger partial charge in [-0.25, -0.2) is 9.97 Å². The molecule has 3 aromatic heterocycles. The Bertz CT molecular complexity index is 818. The maximum absolute atomic E-state index is 8.73. The number of pyridine rings is 1. The summed E-state index contributed by atoms with van der Waals surface area (Å²) >= 11 is 1.61. The van der Waals surface area contributed by atoms with E-state index in [4.69, 9.17) is 5.11 Å². The molecule has 22 heavy (non-hydrogen) atoms. The number of fused-ring (bicyclic) bond motifs is 1. The highest BCUT2D eigenvalue weighted by atomic mass is 32.1. The van der Waals surface area contributed by atoms with Gasteiger partial charge in [0.25, 0.3) is 0 Å². The van der Waals surface area contributed by atoms with E-state index in [2.05, 4.69) is 32.9 Å². The predicted molar refractivity (Wildman–Crippen MR) is 91.0 cm³/mol. The number of thiazole rings is 1. The van der Waals surface area contributed by atoms with Crippen molar-refractivity contribution in [2.24, 2.45) is 4.99 Å². The summed E-state index contributed by atoms with van der Waals surface area (Å²) in [6, 6.07) is 2.12. The Balaban J connectivity index is 2.06. The molecule has 5 nitrogen and oxygen atoms in total. The highest BCUT2D eigenvalue weighted by Gasteiger charge is 2.11. The van der Waals surface area contributed by atoms with Crippen molar-refractivity contribution in [2.45, 2.75) is 13.3 Å². The van der Waals surface area contributed by atoms with E-state index in [9.17, 15) is 0 Å². The Hall–Kier alpha value is -2.31. The number of nitrogens with one attached hydrogen (secondary N) is 1. The third-order valence-electron chi connectivity index (χ3n) is 3.41. The second kappa shape index (κ2) is 6.64. The summed E-state index contributed by atoms with van der Waals surface area (Å²) in [4.78, 5) is 15.9. The summed E-state index contributed by atoms with van der Waals surface area (Å²) < 4.78 is 0. The number of aliphatic imine (C=N–C) groups is 1. The van der Waals surface area contributed by atoms with Gasteiger partial charge in [0.05, 0.1) is 0 Å². The molecule has 0 radical (unpaired) electrons. The topological polar surface area (TPSA) is 74.2 Å². The molecule has 0 saturated heterocycles. The van der Waals surface area contributed by atoms with Gasteiger partial charge in [-0.1, -0.05) is 6.92 Å². The predicted octanol–water partition coefficient (Wildman–Crippen LogP) is 3.50. The Labute approximate surface area is 132 Å². The van der Waals surface area contributed by atoms with Crippen LogP contribution < -0.4 is 0 Å². The molecule has 0 atom stereocenters. The highest BCUT2D eigenvalue weighted by Crippen LogP contribution is 2.31. The molecule has 112 valence electrons. The van der Waals surface area contributed by atoms with E-state index in [0.29, 0.717) is 0 Å². The van der Waals surface area contributed by atoms with Crippen LogP contribution in [0.1, 0.15) is 18.9 Å². The molecule has 0 aliphatic heterocycles. The number of allylic oxidation sites excluding steroid dienone is 2. The van der Waals surface area contributed by atoms with E-state index in [0.717, 1.165) is 39.2 Å². The van der Waals surface area contributed by atoms with Crippen molar-refractivity contribution in [3.05, 3.63) is 41.7 Å². The average Bonchev–Trinajstić information content (AvgIpc) is 3.19. The molecular weight excluding hydrogens is 296 g/mol. The number of hydrogen-bond acceptors (Lipinski definition) is 5. The van der Waals surface area contributed by atoms with Crippen molar-refractivity contribution in [3.63, 3.8) is 0 Å². The normalized spacial score (nSPS) is 12.5. The SMILES string of the molecule is CC/C(=C\C=N/CO)c1cnc2[nH]cc(-c3nccs3)c2c1. The molecule has 6 heteroatoms. The summed E-state index contributed by atoms with van der Waals surface area (Å²) in [6.07, 6.45) is 10.0. The fourth-order valence-electron chi connectivity index (χ4n) is 2.32. The molecular formula is C16H16N4OS. The standard InChI is InChI=1S/C16H16N4OS/c1-2-11(3-4-17-10-21)12-7-13-14(16-18-5-6-22-16)9-20-15(13)19-8-12/h3-9,21H,2,10H2,1H3,(H,19,20)/b11-3+,17-4-. The second-order valence-electron chi connectivity index (χ2n) is 4.68. The van der Waals surface area contributed by atoms with Crippen LogP contribution in [-0.4, -0.2) is 33.0 Å². The van der Waals surface area contributed by atoms with Crippen LogP contribution >= 0.6 is 11.3 Å². The number of aromatic nitrogens is 3. The summed E-state index contributed by atoms with van der Waals surface area (Å²) in [5.74, 6) is 0. The first-order chi connectivity index (χ1) is 10.8. The molecule has 3 heterocycles. The van der Waals surface area contributed by atoms with E-state index in [1.165, 1.54) is 0 Å². The van der Waals surface area contributed by atoms with Crippen molar-refractivity contribution in [1.82, 2.24) is 15.0 Å². The highest BCUT2D eigenvalue weighted by molar-refractivity contribution is 7.13. The van der Waals surface area contributed by atoms with Crippen molar-refractivity contribution in [3.8, 4) is 10.6 Å². The molecule has 3 aromatic rings. The molecule has 0 spiro atoms. The van der Waals surface area contributed by atoms with Crippen molar-refractivity contribution < 1.29 is 5.11 Å². The van der Waals surface area contributed by atoms with Gasteiger partial charge in [0.2, 0.25) is 0 Å². The minimum Gasteiger partial charge on any atom is -0.375 e. The Morgan fingerprint density at radius 1 is 1.45 bits per heavy atom. The first-order valence-electron chi connectivity index (χ1n) is 7.00. The molecule has 0 saturated carbocycles. The van der Waals surface area contributed by atoms with Crippen LogP contribution in [0.5, 0.6) is 0 Å². The zero-order valence-electron chi connectivity index (χ0n) is 12.2.